The van der Waals surface area contributed by atoms with Gasteiger partial charge in [-0.05, 0) is 13.6 Å². The summed E-state index contributed by atoms with van der Waals surface area (Å²) in [6.45, 7) is 5.54. The molecule has 0 radical (unpaired) electrons. The standard InChI is InChI=1S/C10H12N2S/c1-8-3-5-9(6-4-8)10(12-2)7-13-11/h3-7H,2,11H2,1H3/b10-7-. The second kappa shape index (κ2) is 4.84. The van der Waals surface area contributed by atoms with Gasteiger partial charge in [0.05, 0.1) is 5.70 Å². The topological polar surface area (TPSA) is 38.4 Å². The quantitative estimate of drug-likeness (QED) is 0.590. The third kappa shape index (κ3) is 2.72. The van der Waals surface area contributed by atoms with E-state index in [4.69, 9.17) is 5.14 Å². The Morgan fingerprint density at radius 3 is 2.54 bits per heavy atom. The summed E-state index contributed by atoms with van der Waals surface area (Å²) in [5, 5.41) is 7.10. The van der Waals surface area contributed by atoms with Crippen LogP contribution in [-0.4, -0.2) is 6.72 Å². The second-order valence-electron chi connectivity index (χ2n) is 2.66. The van der Waals surface area contributed by atoms with Gasteiger partial charge in [0, 0.05) is 11.0 Å². The number of nitrogens with two attached hydrogens (primary N) is 1. The molecule has 2 N–H and O–H groups in total. The maximum Gasteiger partial charge on any atom is 0.0770 e. The Labute approximate surface area is 82.7 Å². The van der Waals surface area contributed by atoms with E-state index >= 15 is 0 Å². The summed E-state index contributed by atoms with van der Waals surface area (Å²) in [6.07, 6.45) is 0. The summed E-state index contributed by atoms with van der Waals surface area (Å²) in [5.74, 6) is 0. The van der Waals surface area contributed by atoms with E-state index in [0.29, 0.717) is 0 Å². The predicted octanol–water partition coefficient (Wildman–Crippen LogP) is 2.60. The first kappa shape index (κ1) is 10.0. The summed E-state index contributed by atoms with van der Waals surface area (Å²) in [6, 6.07) is 8.09. The molecule has 1 aromatic carbocycles. The Kier molecular flexibility index (Phi) is 3.73. The highest BCUT2D eigenvalue weighted by atomic mass is 32.2. The monoisotopic (exact) mass is 192 g/mol. The molecule has 0 saturated heterocycles. The lowest BCUT2D eigenvalue weighted by atomic mass is 10.1. The molecule has 13 heavy (non-hydrogen) atoms. The van der Waals surface area contributed by atoms with E-state index in [1.165, 1.54) is 5.56 Å². The molecule has 3 heteroatoms. The maximum absolute atomic E-state index is 5.32. The average molecular weight is 192 g/mol. The van der Waals surface area contributed by atoms with Crippen molar-refractivity contribution in [3.63, 3.8) is 0 Å². The van der Waals surface area contributed by atoms with Gasteiger partial charge in [-0.15, -0.1) is 0 Å². The lowest BCUT2D eigenvalue weighted by molar-refractivity contribution is 1.44. The molecule has 1 aromatic rings. The number of hydrogen-bond donors (Lipinski definition) is 1. The molecule has 0 aliphatic heterocycles. The Morgan fingerprint density at radius 2 is 2.08 bits per heavy atom. The van der Waals surface area contributed by atoms with E-state index in [1.807, 2.05) is 31.2 Å². The average Bonchev–Trinajstić information content (AvgIpc) is 2.16. The fourth-order valence-corrected chi connectivity index (χ4v) is 1.32. The number of benzene rings is 1. The first-order valence-electron chi connectivity index (χ1n) is 3.87. The minimum atomic E-state index is 0.813. The van der Waals surface area contributed by atoms with Crippen LogP contribution in [0.1, 0.15) is 11.1 Å². The van der Waals surface area contributed by atoms with Crippen LogP contribution < -0.4 is 5.14 Å². The summed E-state index contributed by atoms with van der Waals surface area (Å²) < 4.78 is 0. The first-order chi connectivity index (χ1) is 6.27. The molecule has 0 saturated carbocycles. The van der Waals surface area contributed by atoms with Crippen molar-refractivity contribution in [3.8, 4) is 0 Å². The fraction of sp³-hybridized carbons (Fsp3) is 0.100. The molecule has 0 fully saturated rings. The highest BCUT2D eigenvalue weighted by molar-refractivity contribution is 8.00. The normalized spacial score (nSPS) is 11.4. The Bertz CT molecular complexity index is 314. The van der Waals surface area contributed by atoms with Crippen molar-refractivity contribution in [2.45, 2.75) is 6.92 Å². The molecular weight excluding hydrogens is 180 g/mol. The van der Waals surface area contributed by atoms with E-state index in [-0.39, 0.29) is 0 Å². The SMILES string of the molecule is C=N/C(=C\SN)c1ccc(C)cc1. The van der Waals surface area contributed by atoms with Crippen molar-refractivity contribution >= 4 is 24.4 Å². The lowest BCUT2D eigenvalue weighted by Crippen LogP contribution is -1.82. The summed E-state index contributed by atoms with van der Waals surface area (Å²) in [5.41, 5.74) is 3.08. The van der Waals surface area contributed by atoms with E-state index in [2.05, 4.69) is 11.7 Å². The van der Waals surface area contributed by atoms with Gasteiger partial charge >= 0.3 is 0 Å². The van der Waals surface area contributed by atoms with Crippen molar-refractivity contribution in [1.29, 1.82) is 0 Å². The van der Waals surface area contributed by atoms with Crippen LogP contribution in [0.4, 0.5) is 0 Å². The van der Waals surface area contributed by atoms with Gasteiger partial charge in [0.1, 0.15) is 0 Å². The molecule has 0 unspecified atom stereocenters. The number of nitrogens with zero attached hydrogens (tertiary/aromatic N) is 1. The third-order valence-electron chi connectivity index (χ3n) is 1.70. The van der Waals surface area contributed by atoms with Gasteiger partial charge in [-0.2, -0.15) is 0 Å². The van der Waals surface area contributed by atoms with Gasteiger partial charge in [0.25, 0.3) is 0 Å². The maximum atomic E-state index is 5.32. The molecule has 2 nitrogen and oxygen atoms in total. The number of aliphatic imine (C=N–C) groups is 1. The van der Waals surface area contributed by atoms with Crippen LogP contribution in [0.5, 0.6) is 0 Å². The highest BCUT2D eigenvalue weighted by Gasteiger charge is 1.96. The zero-order valence-corrected chi connectivity index (χ0v) is 8.34. The molecule has 0 atom stereocenters. The van der Waals surface area contributed by atoms with E-state index in [0.717, 1.165) is 23.2 Å². The number of hydrogen-bond acceptors (Lipinski definition) is 3. The smallest absolute Gasteiger partial charge is 0.0770 e. The van der Waals surface area contributed by atoms with Crippen molar-refractivity contribution in [1.82, 2.24) is 0 Å². The fourth-order valence-electron chi connectivity index (χ4n) is 0.985. The third-order valence-corrected chi connectivity index (χ3v) is 2.06. The van der Waals surface area contributed by atoms with Crippen molar-refractivity contribution in [3.05, 3.63) is 40.8 Å². The van der Waals surface area contributed by atoms with Gasteiger partial charge in [-0.25, -0.2) is 0 Å². The molecule has 1 rings (SSSR count). The van der Waals surface area contributed by atoms with Crippen LogP contribution in [0.2, 0.25) is 0 Å². The first-order valence-corrected chi connectivity index (χ1v) is 4.81. The van der Waals surface area contributed by atoms with E-state index < -0.39 is 0 Å². The largest absolute Gasteiger partial charge is 0.274 e. The second-order valence-corrected chi connectivity index (χ2v) is 3.17. The van der Waals surface area contributed by atoms with Gasteiger partial charge in [0.2, 0.25) is 0 Å². The molecule has 0 aliphatic rings. The molecular formula is C10H12N2S. The van der Waals surface area contributed by atoms with Crippen molar-refractivity contribution in [2.24, 2.45) is 10.1 Å². The summed E-state index contributed by atoms with van der Waals surface area (Å²) >= 11 is 1.14. The van der Waals surface area contributed by atoms with Crippen molar-refractivity contribution < 1.29 is 0 Å². The summed E-state index contributed by atoms with van der Waals surface area (Å²) in [4.78, 5) is 3.89. The minimum absolute atomic E-state index is 0.813. The minimum Gasteiger partial charge on any atom is -0.274 e. The highest BCUT2D eigenvalue weighted by Crippen LogP contribution is 2.17. The Morgan fingerprint density at radius 1 is 1.46 bits per heavy atom. The molecule has 0 heterocycles. The lowest BCUT2D eigenvalue weighted by Gasteiger charge is -2.00. The van der Waals surface area contributed by atoms with Crippen LogP contribution in [0.3, 0.4) is 0 Å². The molecule has 0 spiro atoms. The van der Waals surface area contributed by atoms with Gasteiger partial charge in [-0.1, -0.05) is 41.8 Å². The molecule has 0 amide bonds. The number of rotatable bonds is 3. The zero-order valence-electron chi connectivity index (χ0n) is 7.53. The van der Waals surface area contributed by atoms with Crippen LogP contribution in [0.15, 0.2) is 34.7 Å². The molecule has 0 bridgehead atoms. The van der Waals surface area contributed by atoms with Crippen molar-refractivity contribution in [2.75, 3.05) is 0 Å². The number of aryl methyl sites for hydroxylation is 1. The molecule has 0 aliphatic carbocycles. The van der Waals surface area contributed by atoms with E-state index in [1.54, 1.807) is 5.41 Å². The van der Waals surface area contributed by atoms with Crippen LogP contribution in [-0.2, 0) is 0 Å². The van der Waals surface area contributed by atoms with Gasteiger partial charge in [-0.3, -0.25) is 10.1 Å². The Hall–Kier alpha value is -1.06. The molecule has 0 aromatic heterocycles. The van der Waals surface area contributed by atoms with Gasteiger partial charge in [0.15, 0.2) is 0 Å². The summed E-state index contributed by atoms with van der Waals surface area (Å²) in [7, 11) is 0. The van der Waals surface area contributed by atoms with Crippen LogP contribution >= 0.6 is 11.9 Å². The van der Waals surface area contributed by atoms with Crippen LogP contribution in [0, 0.1) is 6.92 Å². The van der Waals surface area contributed by atoms with Crippen LogP contribution in [0.25, 0.3) is 5.70 Å². The van der Waals surface area contributed by atoms with Gasteiger partial charge < -0.3 is 0 Å². The molecule has 68 valence electrons. The Balaban J connectivity index is 2.99. The van der Waals surface area contributed by atoms with E-state index in [9.17, 15) is 0 Å². The predicted molar refractivity (Wildman–Crippen MR) is 60.5 cm³/mol. The zero-order chi connectivity index (χ0) is 9.68.